The Morgan fingerprint density at radius 2 is 1.53 bits per heavy atom. The van der Waals surface area contributed by atoms with Crippen LogP contribution in [0, 0.1) is 0 Å². The first-order valence-corrected chi connectivity index (χ1v) is 9.79. The predicted octanol–water partition coefficient (Wildman–Crippen LogP) is 4.25. The van der Waals surface area contributed by atoms with Crippen LogP contribution in [0.5, 0.6) is 5.75 Å². The van der Waals surface area contributed by atoms with Gasteiger partial charge < -0.3 is 14.6 Å². The summed E-state index contributed by atoms with van der Waals surface area (Å²) in [6.45, 7) is 0.927. The summed E-state index contributed by atoms with van der Waals surface area (Å²) in [6.07, 6.45) is 0.264. The first-order chi connectivity index (χ1) is 14.7. The number of aliphatic imine (C=N–C) groups is 1. The van der Waals surface area contributed by atoms with Gasteiger partial charge in [0.05, 0.1) is 12.3 Å². The zero-order valence-electron chi connectivity index (χ0n) is 16.9. The Balaban J connectivity index is 1.90. The second-order valence-corrected chi connectivity index (χ2v) is 6.76. The highest BCUT2D eigenvalue weighted by atomic mass is 16.5. The van der Waals surface area contributed by atoms with Gasteiger partial charge in [-0.05, 0) is 17.7 Å². The molecule has 3 rings (SSSR count). The van der Waals surface area contributed by atoms with Crippen LogP contribution >= 0.6 is 0 Å². The molecule has 0 amide bonds. The molecule has 30 heavy (non-hydrogen) atoms. The molecule has 0 saturated carbocycles. The molecule has 0 aliphatic carbocycles. The van der Waals surface area contributed by atoms with Gasteiger partial charge in [0.1, 0.15) is 12.4 Å². The number of aliphatic carboxylic acids is 1. The van der Waals surface area contributed by atoms with E-state index in [1.54, 1.807) is 7.11 Å². The van der Waals surface area contributed by atoms with Crippen LogP contribution in [0.1, 0.15) is 16.7 Å². The van der Waals surface area contributed by atoms with Gasteiger partial charge in [-0.25, -0.2) is 4.79 Å². The Kier molecular flexibility index (Phi) is 7.75. The van der Waals surface area contributed by atoms with Crippen LogP contribution < -0.4 is 4.74 Å². The molecule has 0 unspecified atom stereocenters. The monoisotopic (exact) mass is 403 g/mol. The number of carboxylic acid groups (broad SMARTS) is 1. The molecule has 0 aromatic heterocycles. The second kappa shape index (κ2) is 10.9. The van der Waals surface area contributed by atoms with Gasteiger partial charge in [0.2, 0.25) is 0 Å². The number of benzene rings is 3. The van der Waals surface area contributed by atoms with Crippen LogP contribution in [0.4, 0.5) is 0 Å². The van der Waals surface area contributed by atoms with Crippen LogP contribution in [0.2, 0.25) is 0 Å². The van der Waals surface area contributed by atoms with Crippen LogP contribution in [-0.2, 0) is 16.0 Å². The number of methoxy groups -OCH3 is 1. The van der Waals surface area contributed by atoms with Crippen molar-refractivity contribution in [2.75, 3.05) is 20.3 Å². The summed E-state index contributed by atoms with van der Waals surface area (Å²) in [7, 11) is 1.62. The number of rotatable bonds is 10. The maximum absolute atomic E-state index is 12.0. The van der Waals surface area contributed by atoms with Crippen molar-refractivity contribution in [2.24, 2.45) is 4.99 Å². The van der Waals surface area contributed by atoms with Crippen molar-refractivity contribution in [1.29, 1.82) is 0 Å². The molecule has 5 nitrogen and oxygen atoms in total. The molecule has 0 fully saturated rings. The normalized spacial score (nSPS) is 11.5. The quantitative estimate of drug-likeness (QED) is 0.406. The zero-order chi connectivity index (χ0) is 21.2. The molecule has 0 bridgehead atoms. The lowest BCUT2D eigenvalue weighted by Gasteiger charge is -2.14. The Hall–Kier alpha value is -3.44. The molecule has 0 spiro atoms. The number of carboxylic acids is 1. The fourth-order valence-electron chi connectivity index (χ4n) is 3.08. The van der Waals surface area contributed by atoms with Crippen LogP contribution in [-0.4, -0.2) is 43.2 Å². The first-order valence-electron chi connectivity index (χ1n) is 9.79. The number of nitrogens with zero attached hydrogens (tertiary/aromatic N) is 1. The Morgan fingerprint density at radius 3 is 2.10 bits per heavy atom. The lowest BCUT2D eigenvalue weighted by Crippen LogP contribution is -2.23. The van der Waals surface area contributed by atoms with Gasteiger partial charge >= 0.3 is 5.97 Å². The topological polar surface area (TPSA) is 68.1 Å². The molecular formula is C25H25NO4. The van der Waals surface area contributed by atoms with Crippen LogP contribution in [0.3, 0.4) is 0 Å². The highest BCUT2D eigenvalue weighted by Crippen LogP contribution is 2.18. The molecule has 3 aromatic carbocycles. The zero-order valence-corrected chi connectivity index (χ0v) is 16.9. The highest BCUT2D eigenvalue weighted by Gasteiger charge is 2.19. The van der Waals surface area contributed by atoms with Gasteiger partial charge in [-0.15, -0.1) is 0 Å². The molecule has 1 N–H and O–H groups in total. The molecule has 5 heteroatoms. The Bertz CT molecular complexity index is 929. The molecule has 154 valence electrons. The van der Waals surface area contributed by atoms with Crippen LogP contribution in [0.15, 0.2) is 89.9 Å². The SMILES string of the molecule is COCCOc1cccc(C[C@H](N=C(c2ccccc2)c2ccccc2)C(=O)O)c1. The molecule has 1 atom stereocenters. The van der Waals surface area contributed by atoms with Gasteiger partial charge in [0.25, 0.3) is 0 Å². The fraction of sp³-hybridized carbons (Fsp3) is 0.200. The van der Waals surface area contributed by atoms with Crippen molar-refractivity contribution in [2.45, 2.75) is 12.5 Å². The third kappa shape index (κ3) is 6.03. The number of carbonyl (C=O) groups is 1. The van der Waals surface area contributed by atoms with Gasteiger partial charge in [-0.2, -0.15) is 0 Å². The second-order valence-electron chi connectivity index (χ2n) is 6.76. The van der Waals surface area contributed by atoms with E-state index >= 15 is 0 Å². The lowest BCUT2D eigenvalue weighted by molar-refractivity contribution is -0.138. The maximum atomic E-state index is 12.0. The minimum absolute atomic E-state index is 0.264. The van der Waals surface area contributed by atoms with Gasteiger partial charge in [-0.1, -0.05) is 72.8 Å². The van der Waals surface area contributed by atoms with E-state index in [4.69, 9.17) is 9.47 Å². The smallest absolute Gasteiger partial charge is 0.328 e. The van der Waals surface area contributed by atoms with E-state index in [1.165, 1.54) is 0 Å². The van der Waals surface area contributed by atoms with E-state index in [0.717, 1.165) is 16.7 Å². The Morgan fingerprint density at radius 1 is 0.900 bits per heavy atom. The predicted molar refractivity (Wildman–Crippen MR) is 117 cm³/mol. The van der Waals surface area contributed by atoms with Crippen molar-refractivity contribution in [1.82, 2.24) is 0 Å². The van der Waals surface area contributed by atoms with E-state index < -0.39 is 12.0 Å². The number of hydrogen-bond acceptors (Lipinski definition) is 4. The van der Waals surface area contributed by atoms with E-state index in [1.807, 2.05) is 84.9 Å². The third-order valence-corrected chi connectivity index (χ3v) is 4.55. The van der Waals surface area contributed by atoms with Gasteiger partial charge in [0, 0.05) is 24.7 Å². The lowest BCUT2D eigenvalue weighted by atomic mass is 10.0. The average molecular weight is 403 g/mol. The Labute approximate surface area is 176 Å². The number of hydrogen-bond donors (Lipinski definition) is 1. The van der Waals surface area contributed by atoms with Crippen molar-refractivity contribution in [3.63, 3.8) is 0 Å². The summed E-state index contributed by atoms with van der Waals surface area (Å²) in [5, 5.41) is 9.87. The van der Waals surface area contributed by atoms with Crippen molar-refractivity contribution < 1.29 is 19.4 Å². The largest absolute Gasteiger partial charge is 0.491 e. The van der Waals surface area contributed by atoms with E-state index in [0.29, 0.717) is 24.7 Å². The molecule has 0 saturated heterocycles. The molecule has 3 aromatic rings. The van der Waals surface area contributed by atoms with Crippen molar-refractivity contribution >= 4 is 11.7 Å². The standard InChI is InChI=1S/C25H25NO4/c1-29-15-16-30-22-14-8-9-19(17-22)18-23(25(27)28)26-24(20-10-4-2-5-11-20)21-12-6-3-7-13-21/h2-14,17,23H,15-16,18H2,1H3,(H,27,28)/t23-/m0/s1. The van der Waals surface area contributed by atoms with Crippen LogP contribution in [0.25, 0.3) is 0 Å². The maximum Gasteiger partial charge on any atom is 0.328 e. The van der Waals surface area contributed by atoms with E-state index in [9.17, 15) is 9.90 Å². The highest BCUT2D eigenvalue weighted by molar-refractivity contribution is 6.13. The summed E-state index contributed by atoms with van der Waals surface area (Å²) in [6, 6.07) is 25.8. The average Bonchev–Trinajstić information content (AvgIpc) is 2.78. The van der Waals surface area contributed by atoms with Gasteiger partial charge in [0.15, 0.2) is 6.04 Å². The minimum atomic E-state index is -0.968. The molecular weight excluding hydrogens is 378 g/mol. The van der Waals surface area contributed by atoms with E-state index in [2.05, 4.69) is 4.99 Å². The molecule has 0 heterocycles. The summed E-state index contributed by atoms with van der Waals surface area (Å²) < 4.78 is 10.6. The van der Waals surface area contributed by atoms with E-state index in [-0.39, 0.29) is 6.42 Å². The number of ether oxygens (including phenoxy) is 2. The summed E-state index contributed by atoms with van der Waals surface area (Å²) in [5.41, 5.74) is 3.27. The third-order valence-electron chi connectivity index (χ3n) is 4.55. The summed E-state index contributed by atoms with van der Waals surface area (Å²) in [5.74, 6) is -0.283. The van der Waals surface area contributed by atoms with Gasteiger partial charge in [-0.3, -0.25) is 4.99 Å². The fourth-order valence-corrected chi connectivity index (χ4v) is 3.08. The minimum Gasteiger partial charge on any atom is -0.491 e. The molecule has 0 radical (unpaired) electrons. The summed E-state index contributed by atoms with van der Waals surface area (Å²) in [4.78, 5) is 16.7. The van der Waals surface area contributed by atoms with Crippen molar-refractivity contribution in [3.8, 4) is 5.75 Å². The van der Waals surface area contributed by atoms with Crippen molar-refractivity contribution in [3.05, 3.63) is 102 Å². The molecule has 0 aliphatic heterocycles. The first kappa shape index (κ1) is 21.3. The molecule has 0 aliphatic rings. The summed E-state index contributed by atoms with van der Waals surface area (Å²) >= 11 is 0.